The Hall–Kier alpha value is -1.39. The summed E-state index contributed by atoms with van der Waals surface area (Å²) in [5, 5.41) is 0. The highest BCUT2D eigenvalue weighted by atomic mass is 16.6. The predicted molar refractivity (Wildman–Crippen MR) is 54.6 cm³/mol. The lowest BCUT2D eigenvalue weighted by Crippen LogP contribution is -2.10. The van der Waals surface area contributed by atoms with Crippen molar-refractivity contribution in [3.63, 3.8) is 0 Å². The van der Waals surface area contributed by atoms with Crippen LogP contribution in [0, 0.1) is 0 Å². The molecule has 2 rings (SSSR count). The van der Waals surface area contributed by atoms with Crippen molar-refractivity contribution >= 4 is 11.0 Å². The lowest BCUT2D eigenvalue weighted by Gasteiger charge is -2.03. The van der Waals surface area contributed by atoms with E-state index >= 15 is 0 Å². The van der Waals surface area contributed by atoms with Crippen LogP contribution in [0.2, 0.25) is 0 Å². The van der Waals surface area contributed by atoms with Crippen molar-refractivity contribution in [3.8, 4) is 0 Å². The summed E-state index contributed by atoms with van der Waals surface area (Å²) in [6, 6.07) is 6.12. The molecule has 0 bridgehead atoms. The average Bonchev–Trinajstić information content (AvgIpc) is 2.58. The summed E-state index contributed by atoms with van der Waals surface area (Å²) in [6.45, 7) is 0.671. The molecule has 0 aliphatic carbocycles. The summed E-state index contributed by atoms with van der Waals surface area (Å²) >= 11 is 0. The van der Waals surface area contributed by atoms with E-state index in [-0.39, 0.29) is 0 Å². The van der Waals surface area contributed by atoms with E-state index in [1.54, 1.807) is 7.11 Å². The van der Waals surface area contributed by atoms with E-state index in [9.17, 15) is 0 Å². The Morgan fingerprint density at radius 1 is 1.50 bits per heavy atom. The van der Waals surface area contributed by atoms with E-state index in [0.717, 1.165) is 16.6 Å². The van der Waals surface area contributed by atoms with Gasteiger partial charge in [0, 0.05) is 13.6 Å². The van der Waals surface area contributed by atoms with Gasteiger partial charge in [-0.2, -0.15) is 5.48 Å². The third-order valence-electron chi connectivity index (χ3n) is 2.25. The van der Waals surface area contributed by atoms with E-state index in [1.807, 2.05) is 30.1 Å². The molecule has 0 atom stereocenters. The van der Waals surface area contributed by atoms with Gasteiger partial charge in [-0.25, -0.2) is 4.98 Å². The minimum Gasteiger partial charge on any atom is -0.334 e. The second kappa shape index (κ2) is 3.77. The number of aromatic nitrogens is 2. The first-order valence-electron chi connectivity index (χ1n) is 4.47. The van der Waals surface area contributed by atoms with Gasteiger partial charge in [-0.05, 0) is 11.6 Å². The van der Waals surface area contributed by atoms with Gasteiger partial charge in [-0.1, -0.05) is 12.1 Å². The molecule has 14 heavy (non-hydrogen) atoms. The molecule has 0 saturated carbocycles. The number of imidazole rings is 1. The molecule has 2 aromatic rings. The van der Waals surface area contributed by atoms with Crippen molar-refractivity contribution in [2.75, 3.05) is 7.11 Å². The maximum atomic E-state index is 4.82. The Morgan fingerprint density at radius 3 is 3.14 bits per heavy atom. The molecule has 0 aliphatic rings. The first-order valence-corrected chi connectivity index (χ1v) is 4.47. The highest BCUT2D eigenvalue weighted by Crippen LogP contribution is 2.16. The second-order valence-electron chi connectivity index (χ2n) is 3.17. The molecule has 0 spiro atoms. The number of para-hydroxylation sites is 1. The Morgan fingerprint density at radius 2 is 2.36 bits per heavy atom. The third-order valence-corrected chi connectivity index (χ3v) is 2.25. The van der Waals surface area contributed by atoms with Gasteiger partial charge in [-0.3, -0.25) is 0 Å². The normalized spacial score (nSPS) is 11.0. The molecule has 0 aliphatic heterocycles. The summed E-state index contributed by atoms with van der Waals surface area (Å²) in [6.07, 6.45) is 1.82. The Bertz CT molecular complexity index is 436. The highest BCUT2D eigenvalue weighted by Gasteiger charge is 2.03. The molecular formula is C10H13N3O. The molecule has 1 aromatic heterocycles. The Labute approximate surface area is 82.5 Å². The molecule has 1 aromatic carbocycles. The molecule has 0 saturated heterocycles. The van der Waals surface area contributed by atoms with Gasteiger partial charge in [0.15, 0.2) is 0 Å². The zero-order valence-electron chi connectivity index (χ0n) is 8.32. The van der Waals surface area contributed by atoms with Crippen molar-refractivity contribution in [2.24, 2.45) is 7.05 Å². The highest BCUT2D eigenvalue weighted by molar-refractivity contribution is 5.78. The largest absolute Gasteiger partial charge is 0.334 e. The van der Waals surface area contributed by atoms with Gasteiger partial charge < -0.3 is 9.40 Å². The molecule has 1 N–H and O–H groups in total. The Balaban J connectivity index is 2.44. The van der Waals surface area contributed by atoms with Crippen molar-refractivity contribution in [1.82, 2.24) is 15.0 Å². The van der Waals surface area contributed by atoms with Crippen LogP contribution in [0.4, 0.5) is 0 Å². The maximum Gasteiger partial charge on any atom is 0.0955 e. The van der Waals surface area contributed by atoms with Crippen LogP contribution in [0.15, 0.2) is 24.5 Å². The topological polar surface area (TPSA) is 39.1 Å². The van der Waals surface area contributed by atoms with Crippen LogP contribution >= 0.6 is 0 Å². The fraction of sp³-hybridized carbons (Fsp3) is 0.300. The van der Waals surface area contributed by atoms with Crippen LogP contribution in [-0.2, 0) is 18.4 Å². The first kappa shape index (κ1) is 9.18. The van der Waals surface area contributed by atoms with Crippen molar-refractivity contribution in [1.29, 1.82) is 0 Å². The van der Waals surface area contributed by atoms with Gasteiger partial charge in [0.1, 0.15) is 0 Å². The number of nitrogens with one attached hydrogen (secondary N) is 1. The van der Waals surface area contributed by atoms with E-state index in [1.165, 1.54) is 0 Å². The van der Waals surface area contributed by atoms with E-state index < -0.39 is 0 Å². The molecule has 0 radical (unpaired) electrons. The minimum atomic E-state index is 0.671. The number of aryl methyl sites for hydroxylation is 1. The summed E-state index contributed by atoms with van der Waals surface area (Å²) in [7, 11) is 3.60. The van der Waals surface area contributed by atoms with E-state index in [2.05, 4.69) is 16.5 Å². The van der Waals surface area contributed by atoms with Crippen LogP contribution in [-0.4, -0.2) is 16.7 Å². The van der Waals surface area contributed by atoms with Gasteiger partial charge in [0.2, 0.25) is 0 Å². The minimum absolute atomic E-state index is 0.671. The molecule has 0 unspecified atom stereocenters. The zero-order valence-corrected chi connectivity index (χ0v) is 8.32. The summed E-state index contributed by atoms with van der Waals surface area (Å²) in [4.78, 5) is 9.16. The predicted octanol–water partition coefficient (Wildman–Crippen LogP) is 1.22. The molecular weight excluding hydrogens is 178 g/mol. The van der Waals surface area contributed by atoms with Gasteiger partial charge in [0.25, 0.3) is 0 Å². The second-order valence-corrected chi connectivity index (χ2v) is 3.17. The van der Waals surface area contributed by atoms with Crippen molar-refractivity contribution in [2.45, 2.75) is 6.54 Å². The monoisotopic (exact) mass is 191 g/mol. The number of fused-ring (bicyclic) bond motifs is 1. The van der Waals surface area contributed by atoms with Crippen LogP contribution < -0.4 is 5.48 Å². The average molecular weight is 191 g/mol. The fourth-order valence-corrected chi connectivity index (χ4v) is 1.51. The molecule has 74 valence electrons. The van der Waals surface area contributed by atoms with Crippen molar-refractivity contribution < 1.29 is 4.84 Å². The molecule has 0 fully saturated rings. The molecule has 4 nitrogen and oxygen atoms in total. The van der Waals surface area contributed by atoms with Crippen LogP contribution in [0.3, 0.4) is 0 Å². The number of rotatable bonds is 3. The number of nitrogens with zero attached hydrogens (tertiary/aromatic N) is 2. The van der Waals surface area contributed by atoms with Crippen molar-refractivity contribution in [3.05, 3.63) is 30.1 Å². The zero-order chi connectivity index (χ0) is 9.97. The molecule has 4 heteroatoms. The van der Waals surface area contributed by atoms with Crippen LogP contribution in [0.5, 0.6) is 0 Å². The van der Waals surface area contributed by atoms with Gasteiger partial charge in [0.05, 0.1) is 24.5 Å². The van der Waals surface area contributed by atoms with Gasteiger partial charge in [-0.15, -0.1) is 0 Å². The maximum absolute atomic E-state index is 4.82. The summed E-state index contributed by atoms with van der Waals surface area (Å²) in [5.74, 6) is 0. The molecule has 0 amide bonds. The summed E-state index contributed by atoms with van der Waals surface area (Å²) in [5.41, 5.74) is 6.13. The van der Waals surface area contributed by atoms with Crippen LogP contribution in [0.1, 0.15) is 5.56 Å². The standard InChI is InChI=1S/C10H13N3O/c1-13-7-11-10-8(6-12-14-2)4-3-5-9(10)13/h3-5,7,12H,6H2,1-2H3. The number of hydrogen-bond donors (Lipinski definition) is 1. The quantitative estimate of drug-likeness (QED) is 0.741. The number of hydrogen-bond acceptors (Lipinski definition) is 3. The first-order chi connectivity index (χ1) is 6.83. The fourth-order valence-electron chi connectivity index (χ4n) is 1.51. The lowest BCUT2D eigenvalue weighted by atomic mass is 10.2. The van der Waals surface area contributed by atoms with E-state index in [4.69, 9.17) is 4.84 Å². The van der Waals surface area contributed by atoms with E-state index in [0.29, 0.717) is 6.54 Å². The SMILES string of the molecule is CONCc1cccc2c1ncn2C. The lowest BCUT2D eigenvalue weighted by molar-refractivity contribution is 0.0870. The van der Waals surface area contributed by atoms with Gasteiger partial charge >= 0.3 is 0 Å². The molecule has 1 heterocycles. The third kappa shape index (κ3) is 1.49. The summed E-state index contributed by atoms with van der Waals surface area (Å²) < 4.78 is 2.01. The number of hydroxylamine groups is 1. The number of benzene rings is 1. The smallest absolute Gasteiger partial charge is 0.0955 e. The Kier molecular flexibility index (Phi) is 2.47. The van der Waals surface area contributed by atoms with Crippen LogP contribution in [0.25, 0.3) is 11.0 Å².